The van der Waals surface area contributed by atoms with Crippen LogP contribution < -0.4 is 9.47 Å². The van der Waals surface area contributed by atoms with Gasteiger partial charge in [-0.3, -0.25) is 4.90 Å². The smallest absolute Gasteiger partial charge is 0.161 e. The first-order valence-corrected chi connectivity index (χ1v) is 9.56. The van der Waals surface area contributed by atoms with E-state index in [-0.39, 0.29) is 18.8 Å². The van der Waals surface area contributed by atoms with E-state index in [0.29, 0.717) is 30.6 Å². The number of aliphatic hydroxyl groups is 1. The lowest BCUT2D eigenvalue weighted by Gasteiger charge is -2.41. The van der Waals surface area contributed by atoms with E-state index >= 15 is 0 Å². The van der Waals surface area contributed by atoms with Crippen molar-refractivity contribution < 1.29 is 19.3 Å². The summed E-state index contributed by atoms with van der Waals surface area (Å²) in [5.74, 6) is 2.48. The van der Waals surface area contributed by atoms with Crippen LogP contribution >= 0.6 is 0 Å². The minimum atomic E-state index is -0.317. The monoisotopic (exact) mass is 387 g/mol. The number of aromatic nitrogens is 2. The predicted molar refractivity (Wildman–Crippen MR) is 106 cm³/mol. The molecule has 28 heavy (non-hydrogen) atoms. The van der Waals surface area contributed by atoms with Gasteiger partial charge in [-0.05, 0) is 17.7 Å². The summed E-state index contributed by atoms with van der Waals surface area (Å²) in [5.41, 5.74) is 2.05. The fraction of sp³-hybridized carbons (Fsp3) is 0.524. The lowest BCUT2D eigenvalue weighted by atomic mass is 9.97. The van der Waals surface area contributed by atoms with Gasteiger partial charge >= 0.3 is 0 Å². The maximum absolute atomic E-state index is 9.90. The van der Waals surface area contributed by atoms with Crippen LogP contribution in [-0.4, -0.2) is 60.1 Å². The van der Waals surface area contributed by atoms with Gasteiger partial charge in [-0.25, -0.2) is 9.97 Å². The van der Waals surface area contributed by atoms with Crippen molar-refractivity contribution in [1.82, 2.24) is 14.9 Å². The Bertz CT molecular complexity index is 767. The average molecular weight is 387 g/mol. The van der Waals surface area contributed by atoms with Gasteiger partial charge in [0.1, 0.15) is 11.9 Å². The van der Waals surface area contributed by atoms with E-state index in [1.54, 1.807) is 14.2 Å². The highest BCUT2D eigenvalue weighted by molar-refractivity contribution is 5.44. The highest BCUT2D eigenvalue weighted by Crippen LogP contribution is 2.36. The fourth-order valence-corrected chi connectivity index (χ4v) is 3.56. The molecule has 0 spiro atoms. The lowest BCUT2D eigenvalue weighted by molar-refractivity contribution is -0.0961. The van der Waals surface area contributed by atoms with Gasteiger partial charge in [0.2, 0.25) is 0 Å². The molecule has 1 aliphatic heterocycles. The summed E-state index contributed by atoms with van der Waals surface area (Å²) in [7, 11) is 3.23. The standard InChI is InChI=1S/C21H29N3O4/c1-14(2)21-22-10-15(11-23-21)12-24-7-8-28-19(13-25)20(24)16-5-6-17(26-3)18(9-16)27-4/h5-6,9-11,14,19-20,25H,7-8,12-13H2,1-4H3/t19-,20-/m1/s1. The summed E-state index contributed by atoms with van der Waals surface area (Å²) >= 11 is 0. The van der Waals surface area contributed by atoms with Crippen molar-refractivity contribution >= 4 is 0 Å². The summed E-state index contributed by atoms with van der Waals surface area (Å²) in [6, 6.07) is 5.72. The molecule has 0 radical (unpaired) electrons. The Hall–Kier alpha value is -2.22. The van der Waals surface area contributed by atoms with Crippen LogP contribution in [0, 0.1) is 0 Å². The van der Waals surface area contributed by atoms with Gasteiger partial charge in [-0.2, -0.15) is 0 Å². The molecular formula is C21H29N3O4. The summed E-state index contributed by atoms with van der Waals surface area (Å²) < 4.78 is 16.7. The van der Waals surface area contributed by atoms with E-state index in [4.69, 9.17) is 14.2 Å². The zero-order valence-corrected chi connectivity index (χ0v) is 17.0. The van der Waals surface area contributed by atoms with Crippen molar-refractivity contribution in [3.63, 3.8) is 0 Å². The molecule has 0 amide bonds. The molecule has 0 unspecified atom stereocenters. The Morgan fingerprint density at radius 3 is 2.50 bits per heavy atom. The number of benzene rings is 1. The van der Waals surface area contributed by atoms with Crippen LogP contribution in [-0.2, 0) is 11.3 Å². The van der Waals surface area contributed by atoms with Crippen molar-refractivity contribution in [3.05, 3.63) is 47.5 Å². The lowest BCUT2D eigenvalue weighted by Crippen LogP contribution is -2.46. The first-order valence-electron chi connectivity index (χ1n) is 9.56. The summed E-state index contributed by atoms with van der Waals surface area (Å²) in [5, 5.41) is 9.90. The fourth-order valence-electron chi connectivity index (χ4n) is 3.56. The van der Waals surface area contributed by atoms with Gasteiger partial charge in [0, 0.05) is 37.0 Å². The zero-order chi connectivity index (χ0) is 20.1. The van der Waals surface area contributed by atoms with Gasteiger partial charge in [-0.1, -0.05) is 19.9 Å². The van der Waals surface area contributed by atoms with Crippen LogP contribution in [0.1, 0.15) is 42.8 Å². The molecule has 1 fully saturated rings. The Morgan fingerprint density at radius 2 is 1.89 bits per heavy atom. The number of hydrogen-bond donors (Lipinski definition) is 1. The van der Waals surface area contributed by atoms with E-state index in [9.17, 15) is 5.11 Å². The second kappa shape index (κ2) is 9.32. The summed E-state index contributed by atoms with van der Waals surface area (Å²) in [4.78, 5) is 11.2. The molecule has 1 aromatic carbocycles. The van der Waals surface area contributed by atoms with Crippen LogP contribution in [0.4, 0.5) is 0 Å². The van der Waals surface area contributed by atoms with E-state index in [1.165, 1.54) is 0 Å². The molecule has 2 heterocycles. The third-order valence-corrected chi connectivity index (χ3v) is 5.01. The summed E-state index contributed by atoms with van der Waals surface area (Å²) in [6.07, 6.45) is 3.46. The van der Waals surface area contributed by atoms with Crippen LogP contribution in [0.25, 0.3) is 0 Å². The molecule has 1 saturated heterocycles. The largest absolute Gasteiger partial charge is 0.493 e. The van der Waals surface area contributed by atoms with Crippen molar-refractivity contribution in [3.8, 4) is 11.5 Å². The van der Waals surface area contributed by atoms with Crippen molar-refractivity contribution in [2.24, 2.45) is 0 Å². The van der Waals surface area contributed by atoms with Gasteiger partial charge in [-0.15, -0.1) is 0 Å². The highest BCUT2D eigenvalue weighted by atomic mass is 16.5. The van der Waals surface area contributed by atoms with Gasteiger partial charge < -0.3 is 19.3 Å². The normalized spacial score (nSPS) is 20.4. The number of aliphatic hydroxyl groups excluding tert-OH is 1. The summed E-state index contributed by atoms with van der Waals surface area (Å²) in [6.45, 7) is 6.10. The Kier molecular flexibility index (Phi) is 6.83. The van der Waals surface area contributed by atoms with Crippen LogP contribution in [0.15, 0.2) is 30.6 Å². The second-order valence-electron chi connectivity index (χ2n) is 7.23. The molecule has 1 aromatic heterocycles. The van der Waals surface area contributed by atoms with Gasteiger partial charge in [0.05, 0.1) is 33.5 Å². The number of nitrogens with zero attached hydrogens (tertiary/aromatic N) is 3. The number of ether oxygens (including phenoxy) is 3. The first kappa shape index (κ1) is 20.5. The molecule has 0 saturated carbocycles. The number of morpholine rings is 1. The minimum Gasteiger partial charge on any atom is -0.493 e. The SMILES string of the molecule is COc1ccc([C@@H]2[C@@H](CO)OCCN2Cc2cnc(C(C)C)nc2)cc1OC. The van der Waals surface area contributed by atoms with Crippen molar-refractivity contribution in [1.29, 1.82) is 0 Å². The Labute approximate surface area is 166 Å². The van der Waals surface area contributed by atoms with Gasteiger partial charge in [0.15, 0.2) is 11.5 Å². The molecule has 7 heteroatoms. The number of methoxy groups -OCH3 is 2. The molecule has 3 rings (SSSR count). The number of rotatable bonds is 7. The maximum atomic E-state index is 9.90. The molecule has 2 aromatic rings. The van der Waals surface area contributed by atoms with Crippen LogP contribution in [0.2, 0.25) is 0 Å². The number of hydrogen-bond acceptors (Lipinski definition) is 7. The molecular weight excluding hydrogens is 358 g/mol. The quantitative estimate of drug-likeness (QED) is 0.782. The average Bonchev–Trinajstić information content (AvgIpc) is 2.73. The molecule has 1 N–H and O–H groups in total. The second-order valence-corrected chi connectivity index (χ2v) is 7.23. The maximum Gasteiger partial charge on any atom is 0.161 e. The molecule has 152 valence electrons. The minimum absolute atomic E-state index is 0.0572. The predicted octanol–water partition coefficient (Wildman–Crippen LogP) is 2.55. The van der Waals surface area contributed by atoms with Crippen molar-refractivity contribution in [2.45, 2.75) is 38.5 Å². The van der Waals surface area contributed by atoms with Crippen LogP contribution in [0.5, 0.6) is 11.5 Å². The zero-order valence-electron chi connectivity index (χ0n) is 17.0. The molecule has 0 aliphatic carbocycles. The van der Waals surface area contributed by atoms with E-state index in [1.807, 2.05) is 30.6 Å². The van der Waals surface area contributed by atoms with E-state index in [2.05, 4.69) is 28.7 Å². The third kappa shape index (κ3) is 4.43. The van der Waals surface area contributed by atoms with E-state index < -0.39 is 0 Å². The molecule has 7 nitrogen and oxygen atoms in total. The van der Waals surface area contributed by atoms with Gasteiger partial charge in [0.25, 0.3) is 0 Å². The highest BCUT2D eigenvalue weighted by Gasteiger charge is 2.34. The molecule has 1 aliphatic rings. The third-order valence-electron chi connectivity index (χ3n) is 5.01. The molecule has 2 atom stereocenters. The molecule has 0 bridgehead atoms. The van der Waals surface area contributed by atoms with Crippen molar-refractivity contribution in [2.75, 3.05) is 34.0 Å². The topological polar surface area (TPSA) is 76.9 Å². The van der Waals surface area contributed by atoms with Crippen LogP contribution in [0.3, 0.4) is 0 Å². The Balaban J connectivity index is 1.88. The Morgan fingerprint density at radius 1 is 1.18 bits per heavy atom. The van der Waals surface area contributed by atoms with E-state index in [0.717, 1.165) is 23.5 Å². The first-order chi connectivity index (χ1) is 13.6.